The highest BCUT2D eigenvalue weighted by molar-refractivity contribution is 8.02. The van der Waals surface area contributed by atoms with E-state index in [1.54, 1.807) is 0 Å². The summed E-state index contributed by atoms with van der Waals surface area (Å²) in [6, 6.07) is 14.3. The van der Waals surface area contributed by atoms with Crippen molar-refractivity contribution >= 4 is 17.4 Å². The van der Waals surface area contributed by atoms with E-state index >= 15 is 0 Å². The van der Waals surface area contributed by atoms with Crippen LogP contribution in [-0.2, 0) is 0 Å². The van der Waals surface area contributed by atoms with Crippen LogP contribution < -0.4 is 4.90 Å². The molecule has 20 heavy (non-hydrogen) atoms. The molecule has 0 aromatic heterocycles. The van der Waals surface area contributed by atoms with Crippen molar-refractivity contribution in [3.8, 4) is 12.1 Å². The summed E-state index contributed by atoms with van der Waals surface area (Å²) < 4.78 is 0. The Hall–Kier alpha value is -2.11. The summed E-state index contributed by atoms with van der Waals surface area (Å²) in [7, 11) is 0. The average molecular weight is 284 g/mol. The van der Waals surface area contributed by atoms with Crippen molar-refractivity contribution in [1.82, 2.24) is 4.90 Å². The van der Waals surface area contributed by atoms with E-state index in [-0.39, 0.29) is 5.57 Å². The van der Waals surface area contributed by atoms with Gasteiger partial charge in [0, 0.05) is 31.9 Å². The van der Waals surface area contributed by atoms with Gasteiger partial charge in [0.15, 0.2) is 5.57 Å². The van der Waals surface area contributed by atoms with Gasteiger partial charge in [0.25, 0.3) is 0 Å². The molecular formula is C15H16N4S. The third kappa shape index (κ3) is 3.07. The Bertz CT molecular complexity index is 544. The Labute approximate surface area is 123 Å². The SMILES string of the molecule is CSC(=C(C#N)C#N)N1CCN(c2ccccc2)CC1. The molecule has 1 saturated heterocycles. The number of allylic oxidation sites excluding steroid dienone is 1. The standard InChI is InChI=1S/C15H16N4S/c1-20-15(13(11-16)12-17)19-9-7-18(8-10-19)14-5-3-2-4-6-14/h2-6H,7-10H2,1H3. The molecule has 0 amide bonds. The zero-order valence-corrected chi connectivity index (χ0v) is 12.2. The van der Waals surface area contributed by atoms with Crippen molar-refractivity contribution in [2.45, 2.75) is 0 Å². The van der Waals surface area contributed by atoms with Gasteiger partial charge in [-0.2, -0.15) is 10.5 Å². The van der Waals surface area contributed by atoms with Crippen LogP contribution in [0.3, 0.4) is 0 Å². The van der Waals surface area contributed by atoms with Crippen molar-refractivity contribution in [1.29, 1.82) is 10.5 Å². The smallest absolute Gasteiger partial charge is 0.159 e. The fourth-order valence-electron chi connectivity index (χ4n) is 2.32. The quantitative estimate of drug-likeness (QED) is 0.798. The maximum absolute atomic E-state index is 9.01. The van der Waals surface area contributed by atoms with E-state index in [0.29, 0.717) is 0 Å². The molecule has 1 fully saturated rings. The first kappa shape index (κ1) is 14.3. The van der Waals surface area contributed by atoms with Crippen LogP contribution in [0.15, 0.2) is 40.9 Å². The van der Waals surface area contributed by atoms with Gasteiger partial charge in [0.1, 0.15) is 12.1 Å². The number of para-hydroxylation sites is 1. The lowest BCUT2D eigenvalue weighted by molar-refractivity contribution is 0.340. The summed E-state index contributed by atoms with van der Waals surface area (Å²) in [6.45, 7) is 3.46. The van der Waals surface area contributed by atoms with Crippen LogP contribution in [-0.4, -0.2) is 37.3 Å². The van der Waals surface area contributed by atoms with Crippen LogP contribution in [0.1, 0.15) is 0 Å². The number of nitriles is 2. The van der Waals surface area contributed by atoms with Crippen molar-refractivity contribution in [2.24, 2.45) is 0 Å². The Morgan fingerprint density at radius 2 is 1.65 bits per heavy atom. The predicted molar refractivity (Wildman–Crippen MR) is 82.0 cm³/mol. The second kappa shape index (κ2) is 6.88. The van der Waals surface area contributed by atoms with Crippen molar-refractivity contribution in [3.05, 3.63) is 40.9 Å². The maximum atomic E-state index is 9.01. The normalized spacial score (nSPS) is 14.3. The lowest BCUT2D eigenvalue weighted by Gasteiger charge is -2.37. The number of hydrogen-bond donors (Lipinski definition) is 0. The molecular weight excluding hydrogens is 268 g/mol. The number of piperazine rings is 1. The molecule has 0 saturated carbocycles. The van der Waals surface area contributed by atoms with Gasteiger partial charge < -0.3 is 9.80 Å². The number of nitrogens with zero attached hydrogens (tertiary/aromatic N) is 4. The molecule has 0 radical (unpaired) electrons. The predicted octanol–water partition coefficient (Wildman–Crippen LogP) is 2.43. The summed E-state index contributed by atoms with van der Waals surface area (Å²) in [5.41, 5.74) is 1.44. The third-order valence-electron chi connectivity index (χ3n) is 3.32. The number of rotatable bonds is 3. The minimum atomic E-state index is 0.214. The van der Waals surface area contributed by atoms with Crippen molar-refractivity contribution < 1.29 is 0 Å². The molecule has 0 spiro atoms. The molecule has 0 atom stereocenters. The van der Waals surface area contributed by atoms with Crippen molar-refractivity contribution in [3.63, 3.8) is 0 Å². The Kier molecular flexibility index (Phi) is 4.92. The minimum Gasteiger partial charge on any atom is -0.368 e. The molecule has 1 aliphatic heterocycles. The second-order valence-corrected chi connectivity index (χ2v) is 5.21. The lowest BCUT2D eigenvalue weighted by atomic mass is 10.2. The highest BCUT2D eigenvalue weighted by Crippen LogP contribution is 2.24. The largest absolute Gasteiger partial charge is 0.368 e. The van der Waals surface area contributed by atoms with Crippen LogP contribution in [0.2, 0.25) is 0 Å². The number of benzene rings is 1. The highest BCUT2D eigenvalue weighted by atomic mass is 32.2. The first-order valence-corrected chi connectivity index (χ1v) is 7.66. The van der Waals surface area contributed by atoms with E-state index in [1.807, 2.05) is 36.6 Å². The molecule has 1 aromatic carbocycles. The van der Waals surface area contributed by atoms with Crippen LogP contribution >= 0.6 is 11.8 Å². The summed E-state index contributed by atoms with van der Waals surface area (Å²) >= 11 is 1.47. The topological polar surface area (TPSA) is 54.1 Å². The molecule has 5 heteroatoms. The molecule has 0 aliphatic carbocycles. The van der Waals surface area contributed by atoms with Crippen LogP contribution in [0, 0.1) is 22.7 Å². The van der Waals surface area contributed by atoms with Gasteiger partial charge in [0.05, 0.1) is 5.03 Å². The summed E-state index contributed by atoms with van der Waals surface area (Å²) in [6.07, 6.45) is 1.91. The van der Waals surface area contributed by atoms with E-state index in [2.05, 4.69) is 21.9 Å². The monoisotopic (exact) mass is 284 g/mol. The first-order valence-electron chi connectivity index (χ1n) is 6.43. The molecule has 4 nitrogen and oxygen atoms in total. The molecule has 102 valence electrons. The summed E-state index contributed by atoms with van der Waals surface area (Å²) in [5.74, 6) is 0. The second-order valence-electron chi connectivity index (χ2n) is 4.42. The molecule has 1 aliphatic rings. The number of hydrogen-bond acceptors (Lipinski definition) is 5. The zero-order valence-electron chi connectivity index (χ0n) is 11.4. The van der Waals surface area contributed by atoms with Crippen LogP contribution in [0.25, 0.3) is 0 Å². The van der Waals surface area contributed by atoms with Crippen LogP contribution in [0.4, 0.5) is 5.69 Å². The Balaban J connectivity index is 2.07. The van der Waals surface area contributed by atoms with Gasteiger partial charge in [-0.15, -0.1) is 11.8 Å². The highest BCUT2D eigenvalue weighted by Gasteiger charge is 2.21. The van der Waals surface area contributed by atoms with E-state index in [1.165, 1.54) is 17.4 Å². The molecule has 1 aromatic rings. The molecule has 0 N–H and O–H groups in total. The van der Waals surface area contributed by atoms with Gasteiger partial charge in [-0.25, -0.2) is 0 Å². The van der Waals surface area contributed by atoms with E-state index < -0.39 is 0 Å². The number of anilines is 1. The van der Waals surface area contributed by atoms with Crippen LogP contribution in [0.5, 0.6) is 0 Å². The van der Waals surface area contributed by atoms with E-state index in [0.717, 1.165) is 31.2 Å². The summed E-state index contributed by atoms with van der Waals surface area (Å²) in [4.78, 5) is 4.46. The third-order valence-corrected chi connectivity index (χ3v) is 4.17. The Morgan fingerprint density at radius 1 is 1.05 bits per heavy atom. The average Bonchev–Trinajstić information content (AvgIpc) is 2.53. The summed E-state index contributed by atoms with van der Waals surface area (Å²) in [5, 5.41) is 18.8. The minimum absolute atomic E-state index is 0.214. The molecule has 0 bridgehead atoms. The fraction of sp³-hybridized carbons (Fsp3) is 0.333. The maximum Gasteiger partial charge on any atom is 0.159 e. The number of thioether (sulfide) groups is 1. The van der Waals surface area contributed by atoms with E-state index in [9.17, 15) is 0 Å². The molecule has 2 rings (SSSR count). The van der Waals surface area contributed by atoms with Gasteiger partial charge in [-0.3, -0.25) is 0 Å². The molecule has 0 unspecified atom stereocenters. The zero-order chi connectivity index (χ0) is 14.4. The first-order chi connectivity index (χ1) is 9.80. The van der Waals surface area contributed by atoms with Gasteiger partial charge >= 0.3 is 0 Å². The fourth-order valence-corrected chi connectivity index (χ4v) is 3.05. The molecule has 1 heterocycles. The van der Waals surface area contributed by atoms with E-state index in [4.69, 9.17) is 10.5 Å². The van der Waals surface area contributed by atoms with Gasteiger partial charge in [0.2, 0.25) is 0 Å². The Morgan fingerprint density at radius 3 is 2.15 bits per heavy atom. The van der Waals surface area contributed by atoms with Crippen molar-refractivity contribution in [2.75, 3.05) is 37.3 Å². The lowest BCUT2D eigenvalue weighted by Crippen LogP contribution is -2.45. The van der Waals surface area contributed by atoms with Gasteiger partial charge in [-0.05, 0) is 18.4 Å². The van der Waals surface area contributed by atoms with Gasteiger partial charge in [-0.1, -0.05) is 18.2 Å².